The molecule has 1 aliphatic heterocycles. The first-order chi connectivity index (χ1) is 9.60. The molecule has 1 aromatic heterocycles. The van der Waals surface area contributed by atoms with E-state index >= 15 is 0 Å². The standard InChI is InChI=1S/C15H27N5/c1-15(2)8-4-5-12(15)13-17-14(19-18-13)20-9-6-11(16-3)7-10-20/h11-12,16H,4-10H2,1-3H3,(H,17,18,19). The lowest BCUT2D eigenvalue weighted by Gasteiger charge is -2.31. The van der Waals surface area contributed by atoms with Gasteiger partial charge in [0.1, 0.15) is 5.82 Å². The Balaban J connectivity index is 1.68. The molecule has 0 spiro atoms. The van der Waals surface area contributed by atoms with Gasteiger partial charge < -0.3 is 10.2 Å². The molecule has 1 aromatic rings. The molecule has 1 saturated carbocycles. The Hall–Kier alpha value is -1.10. The minimum absolute atomic E-state index is 0.357. The first-order valence-corrected chi connectivity index (χ1v) is 7.94. The summed E-state index contributed by atoms with van der Waals surface area (Å²) < 4.78 is 0. The zero-order valence-corrected chi connectivity index (χ0v) is 12.9. The fourth-order valence-corrected chi connectivity index (χ4v) is 3.76. The molecule has 0 aromatic carbocycles. The summed E-state index contributed by atoms with van der Waals surface area (Å²) in [5, 5.41) is 11.0. The van der Waals surface area contributed by atoms with E-state index in [-0.39, 0.29) is 0 Å². The monoisotopic (exact) mass is 277 g/mol. The molecule has 0 radical (unpaired) electrons. The quantitative estimate of drug-likeness (QED) is 0.890. The average molecular weight is 277 g/mol. The van der Waals surface area contributed by atoms with Gasteiger partial charge in [0.05, 0.1) is 0 Å². The second-order valence-electron chi connectivity index (χ2n) is 7.00. The number of nitrogens with zero attached hydrogens (tertiary/aromatic N) is 3. The van der Waals surface area contributed by atoms with Crippen molar-refractivity contribution in [2.75, 3.05) is 25.0 Å². The first-order valence-electron chi connectivity index (χ1n) is 7.94. The molecule has 112 valence electrons. The van der Waals surface area contributed by atoms with Crippen LogP contribution in [0.15, 0.2) is 0 Å². The summed E-state index contributed by atoms with van der Waals surface area (Å²) in [6, 6.07) is 0.651. The Labute approximate surface area is 121 Å². The molecule has 2 N–H and O–H groups in total. The Bertz CT molecular complexity index is 445. The van der Waals surface area contributed by atoms with Gasteiger partial charge in [0.15, 0.2) is 0 Å². The lowest BCUT2D eigenvalue weighted by molar-refractivity contribution is 0.322. The summed E-state index contributed by atoms with van der Waals surface area (Å²) in [4.78, 5) is 7.12. The van der Waals surface area contributed by atoms with Gasteiger partial charge in [-0.05, 0) is 38.1 Å². The molecule has 0 bridgehead atoms. The topological polar surface area (TPSA) is 56.8 Å². The molecule has 2 fully saturated rings. The Morgan fingerprint density at radius 3 is 2.60 bits per heavy atom. The Morgan fingerprint density at radius 1 is 1.25 bits per heavy atom. The predicted molar refractivity (Wildman–Crippen MR) is 81.1 cm³/mol. The van der Waals surface area contributed by atoms with Crippen molar-refractivity contribution in [1.82, 2.24) is 20.5 Å². The van der Waals surface area contributed by atoms with E-state index in [2.05, 4.69) is 34.3 Å². The van der Waals surface area contributed by atoms with Crippen molar-refractivity contribution in [1.29, 1.82) is 0 Å². The normalized spacial score (nSPS) is 27.1. The molecule has 1 atom stereocenters. The summed E-state index contributed by atoms with van der Waals surface area (Å²) in [5.74, 6) is 2.54. The third-order valence-corrected chi connectivity index (χ3v) is 5.26. The van der Waals surface area contributed by atoms with Crippen LogP contribution in [0.5, 0.6) is 0 Å². The minimum atomic E-state index is 0.357. The van der Waals surface area contributed by atoms with Crippen molar-refractivity contribution in [2.45, 2.75) is 57.9 Å². The fourth-order valence-electron chi connectivity index (χ4n) is 3.76. The summed E-state index contributed by atoms with van der Waals surface area (Å²) >= 11 is 0. The third kappa shape index (κ3) is 2.55. The maximum atomic E-state index is 4.80. The first kappa shape index (κ1) is 13.9. The largest absolute Gasteiger partial charge is 0.339 e. The number of nitrogens with one attached hydrogen (secondary N) is 2. The zero-order chi connectivity index (χ0) is 14.2. The molecule has 2 aliphatic rings. The van der Waals surface area contributed by atoms with Crippen molar-refractivity contribution < 1.29 is 0 Å². The summed E-state index contributed by atoms with van der Waals surface area (Å²) in [6.45, 7) is 6.81. The summed E-state index contributed by atoms with van der Waals surface area (Å²) in [5.41, 5.74) is 0.357. The van der Waals surface area contributed by atoms with Crippen LogP contribution in [0.1, 0.15) is 57.7 Å². The third-order valence-electron chi connectivity index (χ3n) is 5.26. The highest BCUT2D eigenvalue weighted by atomic mass is 15.4. The van der Waals surface area contributed by atoms with E-state index in [9.17, 15) is 0 Å². The highest BCUT2D eigenvalue weighted by Crippen LogP contribution is 2.47. The highest BCUT2D eigenvalue weighted by Gasteiger charge is 2.37. The fraction of sp³-hybridized carbons (Fsp3) is 0.867. The molecule has 3 rings (SSSR count). The minimum Gasteiger partial charge on any atom is -0.339 e. The van der Waals surface area contributed by atoms with Crippen LogP contribution < -0.4 is 10.2 Å². The smallest absolute Gasteiger partial charge is 0.244 e. The van der Waals surface area contributed by atoms with E-state index in [0.29, 0.717) is 17.4 Å². The number of aromatic amines is 1. The van der Waals surface area contributed by atoms with Crippen molar-refractivity contribution in [2.24, 2.45) is 5.41 Å². The van der Waals surface area contributed by atoms with Crippen LogP contribution in [0.25, 0.3) is 0 Å². The van der Waals surface area contributed by atoms with Crippen molar-refractivity contribution in [3.63, 3.8) is 0 Å². The molecule has 5 heteroatoms. The van der Waals surface area contributed by atoms with Crippen LogP contribution in [0.2, 0.25) is 0 Å². The second-order valence-corrected chi connectivity index (χ2v) is 7.00. The molecule has 0 amide bonds. The van der Waals surface area contributed by atoms with Gasteiger partial charge in [-0.25, -0.2) is 0 Å². The average Bonchev–Trinajstić information content (AvgIpc) is 3.04. The number of H-pyrrole nitrogens is 1. The molecule has 5 nitrogen and oxygen atoms in total. The number of rotatable bonds is 3. The Kier molecular flexibility index (Phi) is 3.71. The van der Waals surface area contributed by atoms with Crippen molar-refractivity contribution >= 4 is 5.95 Å². The van der Waals surface area contributed by atoms with Crippen LogP contribution in [-0.2, 0) is 0 Å². The number of aromatic nitrogens is 3. The van der Waals surface area contributed by atoms with Crippen molar-refractivity contribution in [3.8, 4) is 0 Å². The molecule has 1 aliphatic carbocycles. The molecule has 1 unspecified atom stereocenters. The van der Waals surface area contributed by atoms with Gasteiger partial charge in [0, 0.05) is 25.0 Å². The van der Waals surface area contributed by atoms with E-state index in [1.54, 1.807) is 0 Å². The van der Waals surface area contributed by atoms with Gasteiger partial charge in [-0.1, -0.05) is 20.3 Å². The van der Waals surface area contributed by atoms with Crippen LogP contribution in [0.3, 0.4) is 0 Å². The molecule has 1 saturated heterocycles. The zero-order valence-electron chi connectivity index (χ0n) is 12.9. The predicted octanol–water partition coefficient (Wildman–Crippen LogP) is 2.29. The van der Waals surface area contributed by atoms with Crippen LogP contribution >= 0.6 is 0 Å². The molecular formula is C15H27N5. The molecule has 2 heterocycles. The van der Waals surface area contributed by atoms with Gasteiger partial charge in [-0.15, -0.1) is 5.10 Å². The molecule has 20 heavy (non-hydrogen) atoms. The van der Waals surface area contributed by atoms with Gasteiger partial charge in [0.2, 0.25) is 5.95 Å². The number of piperidine rings is 1. The van der Waals surface area contributed by atoms with Crippen molar-refractivity contribution in [3.05, 3.63) is 5.82 Å². The van der Waals surface area contributed by atoms with E-state index in [1.165, 1.54) is 32.1 Å². The highest BCUT2D eigenvalue weighted by molar-refractivity contribution is 5.30. The van der Waals surface area contributed by atoms with Crippen LogP contribution in [0, 0.1) is 5.41 Å². The maximum absolute atomic E-state index is 4.80. The Morgan fingerprint density at radius 2 is 2.00 bits per heavy atom. The lowest BCUT2D eigenvalue weighted by atomic mass is 9.81. The second kappa shape index (κ2) is 5.35. The summed E-state index contributed by atoms with van der Waals surface area (Å²) in [6.07, 6.45) is 6.19. The van der Waals surface area contributed by atoms with Gasteiger partial charge in [-0.2, -0.15) is 4.98 Å². The van der Waals surface area contributed by atoms with Crippen LogP contribution in [-0.4, -0.2) is 41.4 Å². The van der Waals surface area contributed by atoms with E-state index in [1.807, 2.05) is 7.05 Å². The number of hydrogen-bond acceptors (Lipinski definition) is 4. The number of hydrogen-bond donors (Lipinski definition) is 2. The molecular weight excluding hydrogens is 250 g/mol. The lowest BCUT2D eigenvalue weighted by Crippen LogP contribution is -2.41. The number of anilines is 1. The van der Waals surface area contributed by atoms with Gasteiger partial charge in [0.25, 0.3) is 0 Å². The van der Waals surface area contributed by atoms with E-state index in [4.69, 9.17) is 4.98 Å². The summed E-state index contributed by atoms with van der Waals surface area (Å²) in [7, 11) is 2.05. The SMILES string of the molecule is CNC1CCN(c2n[nH]c(C3CCCC3(C)C)n2)CC1. The van der Waals surface area contributed by atoms with Gasteiger partial charge >= 0.3 is 0 Å². The van der Waals surface area contributed by atoms with E-state index in [0.717, 1.165) is 24.9 Å². The van der Waals surface area contributed by atoms with Gasteiger partial charge in [-0.3, -0.25) is 5.10 Å². The van der Waals surface area contributed by atoms with E-state index < -0.39 is 0 Å². The maximum Gasteiger partial charge on any atom is 0.244 e. The van der Waals surface area contributed by atoms with Crippen LogP contribution in [0.4, 0.5) is 5.95 Å².